The van der Waals surface area contributed by atoms with Crippen LogP contribution in [0.25, 0.3) is 0 Å². The fourth-order valence-corrected chi connectivity index (χ4v) is 2.76. The summed E-state index contributed by atoms with van der Waals surface area (Å²) < 4.78 is 15.3. The molecule has 0 rings (SSSR count). The van der Waals surface area contributed by atoms with Crippen molar-refractivity contribution in [1.82, 2.24) is 0 Å². The third-order valence-electron chi connectivity index (χ3n) is 2.10. The van der Waals surface area contributed by atoms with Gasteiger partial charge in [0.2, 0.25) is 0 Å². The highest BCUT2D eigenvalue weighted by molar-refractivity contribution is 6.47. The number of aliphatic hydroxyl groups is 1. The number of esters is 1. The Morgan fingerprint density at radius 3 is 2.63 bits per heavy atom. The summed E-state index contributed by atoms with van der Waals surface area (Å²) in [4.78, 5) is 22.3. The Hall–Kier alpha value is -1.60. The first-order chi connectivity index (χ1) is 9.04. The molecule has 0 aliphatic carbocycles. The van der Waals surface area contributed by atoms with E-state index in [0.29, 0.717) is 25.3 Å². The van der Waals surface area contributed by atoms with E-state index in [1.54, 1.807) is 6.92 Å². The van der Waals surface area contributed by atoms with Gasteiger partial charge in [-0.15, -0.1) is 0 Å². The van der Waals surface area contributed by atoms with Crippen LogP contribution in [-0.4, -0.2) is 39.5 Å². The van der Waals surface area contributed by atoms with Gasteiger partial charge in [0.1, 0.15) is 0 Å². The molecular weight excluding hydrogens is 268 g/mol. The molecule has 0 spiro atoms. The van der Waals surface area contributed by atoms with Crippen molar-refractivity contribution in [2.24, 2.45) is 0 Å². The largest absolute Gasteiger partial charge is 0.515 e. The first kappa shape index (κ1) is 17.4. The number of aliphatic hydroxyl groups excluding tert-OH is 1. The summed E-state index contributed by atoms with van der Waals surface area (Å²) in [6, 6.07) is 0.530. The molecule has 0 saturated carbocycles. The lowest BCUT2D eigenvalue weighted by Gasteiger charge is -2.15. The van der Waals surface area contributed by atoms with Gasteiger partial charge in [-0.1, -0.05) is 6.58 Å². The van der Waals surface area contributed by atoms with Crippen LogP contribution in [0.5, 0.6) is 0 Å². The van der Waals surface area contributed by atoms with Gasteiger partial charge in [-0.3, -0.25) is 0 Å². The molecule has 0 amide bonds. The highest BCUT2D eigenvalue weighted by atomic mass is 28.3. The maximum absolute atomic E-state index is 11.5. The van der Waals surface area contributed by atoms with E-state index in [4.69, 9.17) is 18.7 Å². The lowest BCUT2D eigenvalue weighted by atomic mass is 10.4. The average molecular weight is 288 g/mol. The fourth-order valence-electron chi connectivity index (χ4n) is 1.11. The second-order valence-electron chi connectivity index (χ2n) is 3.62. The standard InChI is InChI=1S/C12H20O6Si/c1-4-11(14)16-7-6-8-19(17-5-2)18-12(15)10(3)9-13/h4,9,13,19H,1,5-8H2,2-3H3. The summed E-state index contributed by atoms with van der Waals surface area (Å²) >= 11 is 0. The molecular formula is C12H20O6Si. The minimum absolute atomic E-state index is 0.121. The van der Waals surface area contributed by atoms with Crippen molar-refractivity contribution in [1.29, 1.82) is 0 Å². The monoisotopic (exact) mass is 288 g/mol. The molecule has 0 aromatic heterocycles. The second-order valence-corrected chi connectivity index (χ2v) is 5.62. The second kappa shape index (κ2) is 10.3. The Balaban J connectivity index is 4.08. The third kappa shape index (κ3) is 8.17. The van der Waals surface area contributed by atoms with Crippen molar-refractivity contribution in [3.8, 4) is 0 Å². The zero-order valence-electron chi connectivity index (χ0n) is 11.3. The van der Waals surface area contributed by atoms with Gasteiger partial charge < -0.3 is 18.7 Å². The SMILES string of the molecule is C=CC(=O)OCCC[SiH](OCC)OC(=O)C(C)=CO. The van der Waals surface area contributed by atoms with Crippen LogP contribution in [-0.2, 0) is 23.2 Å². The number of carbonyl (C=O) groups is 2. The van der Waals surface area contributed by atoms with E-state index in [9.17, 15) is 9.59 Å². The number of hydrogen-bond donors (Lipinski definition) is 1. The highest BCUT2D eigenvalue weighted by Crippen LogP contribution is 2.06. The van der Waals surface area contributed by atoms with Gasteiger partial charge in [-0.05, 0) is 20.3 Å². The van der Waals surface area contributed by atoms with Gasteiger partial charge in [0.15, 0.2) is 0 Å². The number of ether oxygens (including phenoxy) is 1. The lowest BCUT2D eigenvalue weighted by Crippen LogP contribution is -2.27. The first-order valence-electron chi connectivity index (χ1n) is 5.97. The van der Waals surface area contributed by atoms with Crippen molar-refractivity contribution in [2.75, 3.05) is 13.2 Å². The maximum atomic E-state index is 11.5. The zero-order valence-corrected chi connectivity index (χ0v) is 12.4. The molecule has 1 unspecified atom stereocenters. The molecule has 108 valence electrons. The van der Waals surface area contributed by atoms with Crippen LogP contribution >= 0.6 is 0 Å². The summed E-state index contributed by atoms with van der Waals surface area (Å²) in [7, 11) is -2.15. The molecule has 0 aliphatic rings. The Labute approximate surface area is 114 Å². The van der Waals surface area contributed by atoms with Crippen LogP contribution < -0.4 is 0 Å². The van der Waals surface area contributed by atoms with E-state index < -0.39 is 21.2 Å². The maximum Gasteiger partial charge on any atom is 0.385 e. The Bertz CT molecular complexity index is 339. The molecule has 0 heterocycles. The lowest BCUT2D eigenvalue weighted by molar-refractivity contribution is -0.138. The molecule has 1 atom stereocenters. The van der Waals surface area contributed by atoms with Gasteiger partial charge in [0.05, 0.1) is 18.4 Å². The molecule has 0 aromatic rings. The summed E-state index contributed by atoms with van der Waals surface area (Å²) in [5.41, 5.74) is 0.121. The Morgan fingerprint density at radius 2 is 2.11 bits per heavy atom. The van der Waals surface area contributed by atoms with Crippen molar-refractivity contribution in [3.63, 3.8) is 0 Å². The molecule has 6 nitrogen and oxygen atoms in total. The molecule has 0 aromatic carbocycles. The predicted molar refractivity (Wildman–Crippen MR) is 71.8 cm³/mol. The van der Waals surface area contributed by atoms with Crippen LogP contribution in [0.1, 0.15) is 20.3 Å². The molecule has 0 fully saturated rings. The average Bonchev–Trinajstić information content (AvgIpc) is 2.42. The molecule has 0 saturated heterocycles. The molecule has 0 aliphatic heterocycles. The van der Waals surface area contributed by atoms with Crippen molar-refractivity contribution in [3.05, 3.63) is 24.5 Å². The predicted octanol–water partition coefficient (Wildman–Crippen LogP) is 1.37. The van der Waals surface area contributed by atoms with Crippen molar-refractivity contribution >= 4 is 21.2 Å². The van der Waals surface area contributed by atoms with Crippen LogP contribution in [0.4, 0.5) is 0 Å². The minimum atomic E-state index is -2.15. The van der Waals surface area contributed by atoms with Crippen LogP contribution in [0.3, 0.4) is 0 Å². The summed E-state index contributed by atoms with van der Waals surface area (Å²) in [6.45, 7) is 7.21. The molecule has 19 heavy (non-hydrogen) atoms. The number of rotatable bonds is 9. The van der Waals surface area contributed by atoms with Crippen LogP contribution in [0.2, 0.25) is 6.04 Å². The molecule has 7 heteroatoms. The van der Waals surface area contributed by atoms with Gasteiger partial charge in [-0.25, -0.2) is 9.59 Å². The van der Waals surface area contributed by atoms with E-state index in [1.165, 1.54) is 6.92 Å². The van der Waals surface area contributed by atoms with Gasteiger partial charge in [0, 0.05) is 18.7 Å². The Morgan fingerprint density at radius 1 is 1.42 bits per heavy atom. The van der Waals surface area contributed by atoms with Gasteiger partial charge in [-0.2, -0.15) is 0 Å². The minimum Gasteiger partial charge on any atom is -0.515 e. The topological polar surface area (TPSA) is 82.1 Å². The van der Waals surface area contributed by atoms with E-state index in [-0.39, 0.29) is 12.2 Å². The fraction of sp³-hybridized carbons (Fsp3) is 0.500. The zero-order chi connectivity index (χ0) is 14.7. The van der Waals surface area contributed by atoms with Crippen molar-refractivity contribution < 1.29 is 28.3 Å². The molecule has 0 bridgehead atoms. The van der Waals surface area contributed by atoms with E-state index in [1.807, 2.05) is 0 Å². The molecule has 0 radical (unpaired) electrons. The summed E-state index contributed by atoms with van der Waals surface area (Å²) in [5.74, 6) is -1.07. The van der Waals surface area contributed by atoms with E-state index in [0.717, 1.165) is 6.08 Å². The molecule has 1 N–H and O–H groups in total. The normalized spacial score (nSPS) is 12.6. The first-order valence-corrected chi connectivity index (χ1v) is 7.73. The van der Waals surface area contributed by atoms with E-state index >= 15 is 0 Å². The smallest absolute Gasteiger partial charge is 0.385 e. The third-order valence-corrected chi connectivity index (χ3v) is 4.16. The number of hydrogen-bond acceptors (Lipinski definition) is 6. The van der Waals surface area contributed by atoms with Crippen LogP contribution in [0, 0.1) is 0 Å². The summed E-state index contributed by atoms with van der Waals surface area (Å²) in [6.07, 6.45) is 2.34. The highest BCUT2D eigenvalue weighted by Gasteiger charge is 2.19. The number of carbonyl (C=O) groups excluding carboxylic acids is 2. The van der Waals surface area contributed by atoms with Crippen molar-refractivity contribution in [2.45, 2.75) is 26.3 Å². The van der Waals surface area contributed by atoms with Crippen LogP contribution in [0.15, 0.2) is 24.5 Å². The van der Waals surface area contributed by atoms with Gasteiger partial charge >= 0.3 is 21.2 Å². The van der Waals surface area contributed by atoms with Gasteiger partial charge in [0.25, 0.3) is 0 Å². The summed E-state index contributed by atoms with van der Waals surface area (Å²) in [5, 5.41) is 8.70. The van der Waals surface area contributed by atoms with E-state index in [2.05, 4.69) is 6.58 Å². The quantitative estimate of drug-likeness (QED) is 0.227. The Kier molecular flexibility index (Phi) is 9.46.